The third kappa shape index (κ3) is 6.63. The fourth-order valence-electron chi connectivity index (χ4n) is 4.94. The van der Waals surface area contributed by atoms with Gasteiger partial charge in [0, 0.05) is 16.3 Å². The lowest BCUT2D eigenvalue weighted by Gasteiger charge is -2.22. The maximum Gasteiger partial charge on any atom is 0.301 e. The molecule has 5 aromatic rings. The number of carbonyl (C=O) groups excluding carboxylic acids is 2. The largest absolute Gasteiger partial charge is 0.507 e. The van der Waals surface area contributed by atoms with Crippen molar-refractivity contribution in [1.82, 2.24) is 10.2 Å². The first-order valence-corrected chi connectivity index (χ1v) is 16.0. The summed E-state index contributed by atoms with van der Waals surface area (Å²) in [5, 5.41) is 20.7. The average molecular weight is 658 g/mol. The Hall–Kier alpha value is -4.51. The summed E-state index contributed by atoms with van der Waals surface area (Å²) in [7, 11) is 0. The minimum Gasteiger partial charge on any atom is -0.507 e. The van der Waals surface area contributed by atoms with Crippen molar-refractivity contribution in [1.29, 1.82) is 0 Å². The molecule has 4 aromatic carbocycles. The smallest absolute Gasteiger partial charge is 0.301 e. The molecule has 0 saturated carbocycles. The Morgan fingerprint density at radius 3 is 2.49 bits per heavy atom. The molecular weight excluding hydrogens is 633 g/mol. The number of anilines is 1. The SMILES string of the molecule is Cc1cccc(COc2ccc(C(O)=C3C(=O)C(=O)N(c4nnc(SCc5ccccc5Cl)s4)C3c3ccc(F)cc3)cc2)c1. The van der Waals surface area contributed by atoms with Crippen molar-refractivity contribution in [2.75, 3.05) is 4.90 Å². The van der Waals surface area contributed by atoms with Crippen LogP contribution in [0.3, 0.4) is 0 Å². The van der Waals surface area contributed by atoms with Gasteiger partial charge in [0.2, 0.25) is 5.13 Å². The predicted octanol–water partition coefficient (Wildman–Crippen LogP) is 8.14. The maximum absolute atomic E-state index is 13.9. The summed E-state index contributed by atoms with van der Waals surface area (Å²) < 4.78 is 20.4. The van der Waals surface area contributed by atoms with Gasteiger partial charge in [0.25, 0.3) is 5.78 Å². The molecule has 45 heavy (non-hydrogen) atoms. The van der Waals surface area contributed by atoms with E-state index in [1.165, 1.54) is 40.9 Å². The number of thioether (sulfide) groups is 1. The predicted molar refractivity (Wildman–Crippen MR) is 174 cm³/mol. The van der Waals surface area contributed by atoms with Gasteiger partial charge < -0.3 is 9.84 Å². The zero-order chi connectivity index (χ0) is 31.5. The Kier molecular flexibility index (Phi) is 8.97. The molecule has 6 rings (SSSR count). The highest BCUT2D eigenvalue weighted by Crippen LogP contribution is 2.44. The third-order valence-electron chi connectivity index (χ3n) is 7.16. The molecule has 0 radical (unpaired) electrons. The monoisotopic (exact) mass is 657 g/mol. The first kappa shape index (κ1) is 30.5. The molecule has 1 saturated heterocycles. The van der Waals surface area contributed by atoms with Gasteiger partial charge in [-0.1, -0.05) is 94.9 Å². The fourth-order valence-corrected chi connectivity index (χ4v) is 7.09. The molecule has 0 spiro atoms. The van der Waals surface area contributed by atoms with E-state index in [2.05, 4.69) is 10.2 Å². The van der Waals surface area contributed by atoms with E-state index in [-0.39, 0.29) is 16.5 Å². The molecule has 11 heteroatoms. The van der Waals surface area contributed by atoms with E-state index in [4.69, 9.17) is 16.3 Å². The molecule has 1 aliphatic heterocycles. The van der Waals surface area contributed by atoms with E-state index < -0.39 is 23.5 Å². The van der Waals surface area contributed by atoms with Crippen LogP contribution < -0.4 is 9.64 Å². The number of amides is 1. The summed E-state index contributed by atoms with van der Waals surface area (Å²) in [4.78, 5) is 28.2. The van der Waals surface area contributed by atoms with Gasteiger partial charge in [-0.25, -0.2) is 4.39 Å². The third-order valence-corrected chi connectivity index (χ3v) is 9.63. The molecule has 1 amide bonds. The molecule has 226 valence electrons. The zero-order valence-electron chi connectivity index (χ0n) is 23.8. The van der Waals surface area contributed by atoms with Gasteiger partial charge in [0.15, 0.2) is 4.34 Å². The highest BCUT2D eigenvalue weighted by molar-refractivity contribution is 8.00. The number of Topliss-reactive ketones (excluding diaryl/α,β-unsaturated/α-hetero) is 1. The molecule has 1 atom stereocenters. The molecular formula is C34H25ClFN3O4S2. The van der Waals surface area contributed by atoms with Crippen molar-refractivity contribution in [3.63, 3.8) is 0 Å². The van der Waals surface area contributed by atoms with Crippen LogP contribution in [0.4, 0.5) is 9.52 Å². The Labute approximate surface area is 272 Å². The Bertz CT molecular complexity index is 1910. The first-order valence-electron chi connectivity index (χ1n) is 13.8. The standard InChI is InChI=1S/C34H25ClFN3O4S2/c1-20-5-4-6-21(17-20)18-43-26-15-11-23(12-16-26)30(40)28-29(22-9-13-25(36)14-10-22)39(32(42)31(28)41)33-37-38-34(45-33)44-19-24-7-2-3-8-27(24)35/h2-17,29,40H,18-19H2,1H3. The van der Waals surface area contributed by atoms with Crippen molar-refractivity contribution >= 4 is 57.3 Å². The van der Waals surface area contributed by atoms with Gasteiger partial charge in [0.05, 0.1) is 11.6 Å². The summed E-state index contributed by atoms with van der Waals surface area (Å²) in [6, 6.07) is 26.4. The summed E-state index contributed by atoms with van der Waals surface area (Å²) in [6.45, 7) is 2.37. The second kappa shape index (κ2) is 13.2. The summed E-state index contributed by atoms with van der Waals surface area (Å²) >= 11 is 8.81. The lowest BCUT2D eigenvalue weighted by atomic mass is 9.95. The second-order valence-electron chi connectivity index (χ2n) is 10.3. The van der Waals surface area contributed by atoms with Crippen molar-refractivity contribution < 1.29 is 23.8 Å². The van der Waals surface area contributed by atoms with E-state index in [0.29, 0.717) is 38.6 Å². The molecule has 1 aromatic heterocycles. The average Bonchev–Trinajstić information content (AvgIpc) is 3.61. The van der Waals surface area contributed by atoms with Crippen LogP contribution in [-0.4, -0.2) is 27.0 Å². The van der Waals surface area contributed by atoms with Gasteiger partial charge in [0.1, 0.15) is 23.9 Å². The highest BCUT2D eigenvalue weighted by Gasteiger charge is 2.48. The number of halogens is 2. The van der Waals surface area contributed by atoms with Crippen LogP contribution in [0.5, 0.6) is 5.75 Å². The lowest BCUT2D eigenvalue weighted by Crippen LogP contribution is -2.29. The van der Waals surface area contributed by atoms with E-state index in [0.717, 1.165) is 28.0 Å². The van der Waals surface area contributed by atoms with Crippen LogP contribution in [0, 0.1) is 12.7 Å². The second-order valence-corrected chi connectivity index (χ2v) is 12.8. The van der Waals surface area contributed by atoms with Gasteiger partial charge in [-0.3, -0.25) is 14.5 Å². The Morgan fingerprint density at radius 1 is 1.00 bits per heavy atom. The maximum atomic E-state index is 13.9. The van der Waals surface area contributed by atoms with Crippen molar-refractivity contribution in [3.8, 4) is 5.75 Å². The number of aromatic nitrogens is 2. The van der Waals surface area contributed by atoms with E-state index in [9.17, 15) is 19.1 Å². The number of nitrogens with zero attached hydrogens (tertiary/aromatic N) is 3. The molecule has 1 N–H and O–H groups in total. The van der Waals surface area contributed by atoms with Crippen LogP contribution in [0.2, 0.25) is 5.02 Å². The number of ether oxygens (including phenoxy) is 1. The molecule has 1 fully saturated rings. The summed E-state index contributed by atoms with van der Waals surface area (Å²) in [5.41, 5.74) is 3.67. The van der Waals surface area contributed by atoms with Gasteiger partial charge in [-0.05, 0) is 66.1 Å². The fraction of sp³-hybridized carbons (Fsp3) is 0.118. The number of rotatable bonds is 9. The van der Waals surface area contributed by atoms with E-state index in [1.807, 2.05) is 49.4 Å². The Balaban J connectivity index is 1.30. The number of hydrogen-bond donors (Lipinski definition) is 1. The zero-order valence-corrected chi connectivity index (χ0v) is 26.2. The van der Waals surface area contributed by atoms with Crippen molar-refractivity contribution in [2.45, 2.75) is 29.7 Å². The summed E-state index contributed by atoms with van der Waals surface area (Å²) in [5.74, 6) is -1.51. The normalized spacial score (nSPS) is 15.9. The van der Waals surface area contributed by atoms with E-state index in [1.54, 1.807) is 30.3 Å². The van der Waals surface area contributed by atoms with Crippen LogP contribution in [0.1, 0.15) is 33.9 Å². The van der Waals surface area contributed by atoms with Crippen LogP contribution in [0.25, 0.3) is 5.76 Å². The number of benzene rings is 4. The quantitative estimate of drug-likeness (QED) is 0.0562. The molecule has 2 heterocycles. The van der Waals surface area contributed by atoms with Crippen LogP contribution in [-0.2, 0) is 21.9 Å². The number of aliphatic hydroxyl groups is 1. The molecule has 7 nitrogen and oxygen atoms in total. The lowest BCUT2D eigenvalue weighted by molar-refractivity contribution is -0.132. The number of aliphatic hydroxyl groups excluding tert-OH is 1. The molecule has 1 aliphatic rings. The number of hydrogen-bond acceptors (Lipinski definition) is 8. The summed E-state index contributed by atoms with van der Waals surface area (Å²) in [6.07, 6.45) is 0. The first-order chi connectivity index (χ1) is 21.8. The molecule has 0 aliphatic carbocycles. The van der Waals surface area contributed by atoms with Crippen LogP contribution in [0.15, 0.2) is 107 Å². The number of ketones is 1. The van der Waals surface area contributed by atoms with Crippen molar-refractivity contribution in [2.24, 2.45) is 0 Å². The van der Waals surface area contributed by atoms with Gasteiger partial charge >= 0.3 is 5.91 Å². The molecule has 0 bridgehead atoms. The van der Waals surface area contributed by atoms with Gasteiger partial charge in [-0.2, -0.15) is 0 Å². The number of carbonyl (C=O) groups is 2. The Morgan fingerprint density at radius 2 is 1.76 bits per heavy atom. The van der Waals surface area contributed by atoms with E-state index >= 15 is 0 Å². The highest BCUT2D eigenvalue weighted by atomic mass is 35.5. The van der Waals surface area contributed by atoms with Crippen LogP contribution >= 0.6 is 34.7 Å². The number of aryl methyl sites for hydroxylation is 1. The van der Waals surface area contributed by atoms with Gasteiger partial charge in [-0.15, -0.1) is 10.2 Å². The minimum atomic E-state index is -1.06. The minimum absolute atomic E-state index is 0.138. The molecule has 1 unspecified atom stereocenters. The van der Waals surface area contributed by atoms with Crippen molar-refractivity contribution in [3.05, 3.63) is 141 Å². The topological polar surface area (TPSA) is 92.6 Å².